The summed E-state index contributed by atoms with van der Waals surface area (Å²) in [6, 6.07) is 8.96. The first-order valence-corrected chi connectivity index (χ1v) is 7.62. The summed E-state index contributed by atoms with van der Waals surface area (Å²) in [5, 5.41) is 18.1. The number of nitriles is 1. The number of nitrogens with one attached hydrogen (secondary N) is 3. The summed E-state index contributed by atoms with van der Waals surface area (Å²) in [4.78, 5) is 14.3. The molecular formula is C16H22N6O. The lowest BCUT2D eigenvalue weighted by Crippen LogP contribution is -2.46. The standard InChI is InChI=1S/C16H22N6O/c17-11-13(12-21-15-3-1-14(18)2-4-15)16(23)20-7-10-22-8-5-19-6-9-22/h1-4,12,19,21H,5-10,18H2,(H,20,23)/b13-12-. The molecule has 0 radical (unpaired) electrons. The van der Waals surface area contributed by atoms with Gasteiger partial charge in [0.05, 0.1) is 0 Å². The molecule has 23 heavy (non-hydrogen) atoms. The SMILES string of the molecule is N#C/C(=C/Nc1ccc(N)cc1)C(=O)NCCN1CCNCC1. The summed E-state index contributed by atoms with van der Waals surface area (Å²) < 4.78 is 0. The summed E-state index contributed by atoms with van der Waals surface area (Å²) in [6.45, 7) is 5.23. The zero-order valence-corrected chi connectivity index (χ0v) is 13.0. The minimum absolute atomic E-state index is 0.0436. The molecule has 122 valence electrons. The number of carbonyl (C=O) groups excluding carboxylic acids is 1. The van der Waals surface area contributed by atoms with Crippen molar-refractivity contribution < 1.29 is 4.79 Å². The van der Waals surface area contributed by atoms with Crippen molar-refractivity contribution in [2.75, 3.05) is 50.3 Å². The second-order valence-electron chi connectivity index (χ2n) is 5.28. The maximum Gasteiger partial charge on any atom is 0.263 e. The topological polar surface area (TPSA) is 106 Å². The second kappa shape index (κ2) is 8.78. The highest BCUT2D eigenvalue weighted by molar-refractivity contribution is 5.97. The number of rotatable bonds is 6. The Morgan fingerprint density at radius 3 is 2.70 bits per heavy atom. The third-order valence-electron chi connectivity index (χ3n) is 3.58. The molecule has 1 saturated heterocycles. The Balaban J connectivity index is 1.79. The number of amides is 1. The second-order valence-corrected chi connectivity index (χ2v) is 5.28. The molecule has 1 amide bonds. The Morgan fingerprint density at radius 2 is 2.04 bits per heavy atom. The molecule has 1 aliphatic rings. The van der Waals surface area contributed by atoms with Crippen LogP contribution in [0.4, 0.5) is 11.4 Å². The number of carbonyl (C=O) groups is 1. The van der Waals surface area contributed by atoms with Crippen LogP contribution in [0, 0.1) is 11.3 Å². The Bertz CT molecular complexity index is 584. The van der Waals surface area contributed by atoms with E-state index in [1.165, 1.54) is 6.20 Å². The summed E-state index contributed by atoms with van der Waals surface area (Å²) in [5.41, 5.74) is 7.07. The number of anilines is 2. The molecule has 7 heteroatoms. The predicted molar refractivity (Wildman–Crippen MR) is 90.5 cm³/mol. The van der Waals surface area contributed by atoms with E-state index in [0.29, 0.717) is 12.2 Å². The maximum absolute atomic E-state index is 12.0. The van der Waals surface area contributed by atoms with Gasteiger partial charge in [-0.25, -0.2) is 0 Å². The Hall–Kier alpha value is -2.56. The van der Waals surface area contributed by atoms with Gasteiger partial charge < -0.3 is 21.7 Å². The average Bonchev–Trinajstić information content (AvgIpc) is 2.58. The average molecular weight is 314 g/mol. The molecule has 0 aliphatic carbocycles. The molecule has 0 unspecified atom stereocenters. The lowest BCUT2D eigenvalue weighted by Gasteiger charge is -2.27. The third-order valence-corrected chi connectivity index (χ3v) is 3.58. The normalized spacial score (nSPS) is 15.7. The fourth-order valence-electron chi connectivity index (χ4n) is 2.24. The van der Waals surface area contributed by atoms with Crippen LogP contribution in [0.3, 0.4) is 0 Å². The zero-order chi connectivity index (χ0) is 16.5. The number of hydrogen-bond acceptors (Lipinski definition) is 6. The van der Waals surface area contributed by atoms with Crippen molar-refractivity contribution in [1.29, 1.82) is 5.26 Å². The monoisotopic (exact) mass is 314 g/mol. The van der Waals surface area contributed by atoms with Gasteiger partial charge in [0.2, 0.25) is 0 Å². The van der Waals surface area contributed by atoms with Gasteiger partial charge in [0.15, 0.2) is 0 Å². The van der Waals surface area contributed by atoms with E-state index in [2.05, 4.69) is 20.9 Å². The van der Waals surface area contributed by atoms with E-state index in [-0.39, 0.29) is 11.5 Å². The minimum atomic E-state index is -0.370. The van der Waals surface area contributed by atoms with E-state index in [4.69, 9.17) is 11.0 Å². The maximum atomic E-state index is 12.0. The lowest BCUT2D eigenvalue weighted by molar-refractivity contribution is -0.117. The lowest BCUT2D eigenvalue weighted by atomic mass is 10.2. The van der Waals surface area contributed by atoms with Gasteiger partial charge >= 0.3 is 0 Å². The van der Waals surface area contributed by atoms with Gasteiger partial charge in [0.25, 0.3) is 5.91 Å². The minimum Gasteiger partial charge on any atom is -0.399 e. The highest BCUT2D eigenvalue weighted by atomic mass is 16.1. The smallest absolute Gasteiger partial charge is 0.263 e. The van der Waals surface area contributed by atoms with Crippen molar-refractivity contribution in [2.24, 2.45) is 0 Å². The van der Waals surface area contributed by atoms with Crippen molar-refractivity contribution in [3.8, 4) is 6.07 Å². The van der Waals surface area contributed by atoms with Crippen molar-refractivity contribution >= 4 is 17.3 Å². The molecule has 5 N–H and O–H groups in total. The molecule has 0 aromatic heterocycles. The molecule has 1 aliphatic heterocycles. The largest absolute Gasteiger partial charge is 0.399 e. The van der Waals surface area contributed by atoms with Crippen LogP contribution >= 0.6 is 0 Å². The van der Waals surface area contributed by atoms with E-state index in [9.17, 15) is 4.79 Å². The Morgan fingerprint density at radius 1 is 1.35 bits per heavy atom. The van der Waals surface area contributed by atoms with Crippen LogP contribution in [0.25, 0.3) is 0 Å². The van der Waals surface area contributed by atoms with Gasteiger partial charge in [-0.2, -0.15) is 5.26 Å². The van der Waals surface area contributed by atoms with Crippen LogP contribution in [0.5, 0.6) is 0 Å². The van der Waals surface area contributed by atoms with Crippen molar-refractivity contribution in [1.82, 2.24) is 15.5 Å². The molecule has 0 spiro atoms. The van der Waals surface area contributed by atoms with Gasteiger partial charge in [0, 0.05) is 56.8 Å². The summed E-state index contributed by atoms with van der Waals surface area (Å²) in [7, 11) is 0. The molecule has 0 bridgehead atoms. The molecule has 1 aromatic carbocycles. The number of nitrogens with two attached hydrogens (primary N) is 1. The molecule has 0 atom stereocenters. The highest BCUT2D eigenvalue weighted by Crippen LogP contribution is 2.10. The van der Waals surface area contributed by atoms with Crippen LogP contribution in [0.15, 0.2) is 36.0 Å². The fraction of sp³-hybridized carbons (Fsp3) is 0.375. The van der Waals surface area contributed by atoms with E-state index in [1.54, 1.807) is 24.3 Å². The van der Waals surface area contributed by atoms with Crippen molar-refractivity contribution in [3.05, 3.63) is 36.0 Å². The summed E-state index contributed by atoms with van der Waals surface area (Å²) in [5.74, 6) is -0.370. The quantitative estimate of drug-likeness (QED) is 0.337. The van der Waals surface area contributed by atoms with E-state index < -0.39 is 0 Å². The number of nitrogen functional groups attached to an aromatic ring is 1. The zero-order valence-electron chi connectivity index (χ0n) is 13.0. The number of nitrogens with zero attached hydrogens (tertiary/aromatic N) is 2. The summed E-state index contributed by atoms with van der Waals surface area (Å²) >= 11 is 0. The van der Waals surface area contributed by atoms with Gasteiger partial charge in [-0.1, -0.05) is 0 Å². The fourth-order valence-corrected chi connectivity index (χ4v) is 2.24. The van der Waals surface area contributed by atoms with Gasteiger partial charge in [-0.05, 0) is 24.3 Å². The molecule has 2 rings (SSSR count). The first kappa shape index (κ1) is 16.8. The van der Waals surface area contributed by atoms with E-state index in [1.807, 2.05) is 6.07 Å². The number of hydrogen-bond donors (Lipinski definition) is 4. The highest BCUT2D eigenvalue weighted by Gasteiger charge is 2.11. The molecule has 1 aromatic rings. The van der Waals surface area contributed by atoms with Gasteiger partial charge in [0.1, 0.15) is 11.6 Å². The molecule has 7 nitrogen and oxygen atoms in total. The first-order valence-electron chi connectivity index (χ1n) is 7.62. The van der Waals surface area contributed by atoms with E-state index >= 15 is 0 Å². The summed E-state index contributed by atoms with van der Waals surface area (Å²) in [6.07, 6.45) is 1.41. The number of piperazine rings is 1. The van der Waals surface area contributed by atoms with Crippen LogP contribution in [0.2, 0.25) is 0 Å². The van der Waals surface area contributed by atoms with Crippen LogP contribution in [-0.2, 0) is 4.79 Å². The Kier molecular flexibility index (Phi) is 6.41. The Labute approximate surface area is 136 Å². The van der Waals surface area contributed by atoms with Crippen LogP contribution in [0.1, 0.15) is 0 Å². The van der Waals surface area contributed by atoms with Gasteiger partial charge in [-0.3, -0.25) is 9.69 Å². The third kappa shape index (κ3) is 5.62. The molecule has 1 heterocycles. The molecular weight excluding hydrogens is 292 g/mol. The first-order chi connectivity index (χ1) is 11.2. The van der Waals surface area contributed by atoms with E-state index in [0.717, 1.165) is 38.4 Å². The van der Waals surface area contributed by atoms with Gasteiger partial charge in [-0.15, -0.1) is 0 Å². The van der Waals surface area contributed by atoms with Crippen molar-refractivity contribution in [2.45, 2.75) is 0 Å². The molecule has 0 saturated carbocycles. The predicted octanol–water partition coefficient (Wildman–Crippen LogP) is 0.110. The van der Waals surface area contributed by atoms with Crippen molar-refractivity contribution in [3.63, 3.8) is 0 Å². The van der Waals surface area contributed by atoms with Crippen LogP contribution < -0.4 is 21.7 Å². The molecule has 1 fully saturated rings. The number of benzene rings is 1. The van der Waals surface area contributed by atoms with Crippen LogP contribution in [-0.4, -0.2) is 50.1 Å².